The molecule has 0 unspecified atom stereocenters. The average molecular weight is 297 g/mol. The molecule has 110 valence electrons. The summed E-state index contributed by atoms with van der Waals surface area (Å²) in [5.74, 6) is 0. The third-order valence-electron chi connectivity index (χ3n) is 4.20. The Hall–Kier alpha value is -3.12. The number of hydrogen-bond donors (Lipinski definition) is 0. The molecule has 0 aliphatic heterocycles. The van der Waals surface area contributed by atoms with Gasteiger partial charge < -0.3 is 0 Å². The van der Waals surface area contributed by atoms with Crippen LogP contribution in [0.2, 0.25) is 0 Å². The number of rotatable bonds is 1. The summed E-state index contributed by atoms with van der Waals surface area (Å²) in [5, 5.41) is 9.54. The van der Waals surface area contributed by atoms with E-state index in [9.17, 15) is 5.26 Å². The molecule has 4 aromatic rings. The quantitative estimate of drug-likeness (QED) is 0.513. The van der Waals surface area contributed by atoms with Crippen molar-refractivity contribution >= 4 is 16.7 Å². The Labute approximate surface area is 134 Å². The number of hydrogen-bond acceptors (Lipinski definition) is 2. The van der Waals surface area contributed by atoms with Gasteiger partial charge >= 0.3 is 0 Å². The molecule has 4 rings (SSSR count). The van der Waals surface area contributed by atoms with Crippen molar-refractivity contribution in [3.05, 3.63) is 71.3 Å². The molecule has 3 nitrogen and oxygen atoms in total. The predicted octanol–water partition coefficient (Wildman–Crippen LogP) is 4.64. The van der Waals surface area contributed by atoms with Crippen LogP contribution < -0.4 is 0 Å². The molecule has 0 N–H and O–H groups in total. The summed E-state index contributed by atoms with van der Waals surface area (Å²) in [5.41, 5.74) is 7.65. The van der Waals surface area contributed by atoms with Gasteiger partial charge in [0.15, 0.2) is 5.65 Å². The van der Waals surface area contributed by atoms with Crippen molar-refractivity contribution < 1.29 is 0 Å². The number of fused-ring (bicyclic) bond motifs is 3. The first kappa shape index (κ1) is 13.5. The summed E-state index contributed by atoms with van der Waals surface area (Å²) in [4.78, 5) is 4.70. The van der Waals surface area contributed by atoms with Crippen LogP contribution in [0.3, 0.4) is 0 Å². The van der Waals surface area contributed by atoms with Crippen molar-refractivity contribution in [2.75, 3.05) is 0 Å². The molecule has 0 aliphatic carbocycles. The lowest BCUT2D eigenvalue weighted by atomic mass is 10.0. The number of benzene rings is 2. The fourth-order valence-corrected chi connectivity index (χ4v) is 3.11. The average Bonchev–Trinajstić information content (AvgIpc) is 2.93. The highest BCUT2D eigenvalue weighted by Crippen LogP contribution is 2.30. The van der Waals surface area contributed by atoms with E-state index in [4.69, 9.17) is 4.98 Å². The van der Waals surface area contributed by atoms with Crippen molar-refractivity contribution in [3.8, 4) is 17.3 Å². The Balaban J connectivity index is 2.22. The van der Waals surface area contributed by atoms with Crippen LogP contribution in [0.15, 0.2) is 54.6 Å². The van der Waals surface area contributed by atoms with Crippen molar-refractivity contribution in [2.45, 2.75) is 13.8 Å². The zero-order valence-corrected chi connectivity index (χ0v) is 13.0. The summed E-state index contributed by atoms with van der Waals surface area (Å²) in [7, 11) is 0. The van der Waals surface area contributed by atoms with Crippen LogP contribution in [-0.4, -0.2) is 9.38 Å². The highest BCUT2D eigenvalue weighted by Gasteiger charge is 2.15. The molecule has 0 radical (unpaired) electrons. The van der Waals surface area contributed by atoms with E-state index in [1.165, 1.54) is 5.56 Å². The van der Waals surface area contributed by atoms with E-state index in [2.05, 4.69) is 47.7 Å². The van der Waals surface area contributed by atoms with Crippen molar-refractivity contribution in [3.63, 3.8) is 0 Å². The molecular weight excluding hydrogens is 282 g/mol. The fraction of sp³-hybridized carbons (Fsp3) is 0.100. The van der Waals surface area contributed by atoms with Crippen molar-refractivity contribution in [1.29, 1.82) is 5.26 Å². The Kier molecular flexibility index (Phi) is 2.92. The van der Waals surface area contributed by atoms with Gasteiger partial charge in [-0.1, -0.05) is 35.9 Å². The highest BCUT2D eigenvalue weighted by atomic mass is 15.0. The summed E-state index contributed by atoms with van der Waals surface area (Å²) < 4.78 is 2.09. The maximum atomic E-state index is 9.54. The second kappa shape index (κ2) is 4.96. The Morgan fingerprint density at radius 3 is 2.61 bits per heavy atom. The number of pyridine rings is 1. The number of nitrogens with zero attached hydrogens (tertiary/aromatic N) is 3. The molecule has 0 atom stereocenters. The van der Waals surface area contributed by atoms with E-state index in [1.807, 2.05) is 31.2 Å². The van der Waals surface area contributed by atoms with E-state index >= 15 is 0 Å². The van der Waals surface area contributed by atoms with Crippen LogP contribution >= 0.6 is 0 Å². The molecule has 0 aliphatic rings. The maximum Gasteiger partial charge on any atom is 0.156 e. The van der Waals surface area contributed by atoms with E-state index in [1.54, 1.807) is 0 Å². The third-order valence-corrected chi connectivity index (χ3v) is 4.20. The summed E-state index contributed by atoms with van der Waals surface area (Å²) in [6.45, 7) is 4.06. The Morgan fingerprint density at radius 2 is 1.83 bits per heavy atom. The Bertz CT molecular complexity index is 1100. The maximum absolute atomic E-state index is 9.54. The van der Waals surface area contributed by atoms with Gasteiger partial charge in [-0.05, 0) is 49.2 Å². The molecule has 2 heterocycles. The van der Waals surface area contributed by atoms with E-state index in [0.29, 0.717) is 5.56 Å². The van der Waals surface area contributed by atoms with Gasteiger partial charge in [-0.15, -0.1) is 0 Å². The van der Waals surface area contributed by atoms with E-state index in [-0.39, 0.29) is 0 Å². The van der Waals surface area contributed by atoms with Crippen LogP contribution in [0.25, 0.3) is 27.9 Å². The highest BCUT2D eigenvalue weighted by molar-refractivity contribution is 5.86. The molecule has 0 saturated heterocycles. The SMILES string of the molecule is Cc1cccc(-c2cc(C)c(C#N)c3nc4ccccc4n23)c1. The molecule has 0 amide bonds. The van der Waals surface area contributed by atoms with E-state index < -0.39 is 0 Å². The molecule has 0 bridgehead atoms. The minimum atomic E-state index is 0.637. The second-order valence-electron chi connectivity index (χ2n) is 5.83. The summed E-state index contributed by atoms with van der Waals surface area (Å²) in [6.07, 6.45) is 0. The molecular formula is C20H15N3. The fourth-order valence-electron chi connectivity index (χ4n) is 3.11. The van der Waals surface area contributed by atoms with Crippen LogP contribution in [0, 0.1) is 25.2 Å². The van der Waals surface area contributed by atoms with Gasteiger partial charge in [0, 0.05) is 0 Å². The number of aryl methyl sites for hydroxylation is 2. The zero-order chi connectivity index (χ0) is 16.0. The van der Waals surface area contributed by atoms with Crippen LogP contribution in [-0.2, 0) is 0 Å². The summed E-state index contributed by atoms with van der Waals surface area (Å²) in [6, 6.07) is 20.8. The lowest BCUT2D eigenvalue weighted by molar-refractivity contribution is 1.19. The van der Waals surface area contributed by atoms with Gasteiger partial charge in [0.05, 0.1) is 22.3 Å². The summed E-state index contributed by atoms with van der Waals surface area (Å²) >= 11 is 0. The van der Waals surface area contributed by atoms with Crippen LogP contribution in [0.1, 0.15) is 16.7 Å². The number of imidazole rings is 1. The number of para-hydroxylation sites is 2. The van der Waals surface area contributed by atoms with Crippen molar-refractivity contribution in [1.82, 2.24) is 9.38 Å². The first-order chi connectivity index (χ1) is 11.2. The molecule has 2 aromatic carbocycles. The minimum absolute atomic E-state index is 0.637. The van der Waals surface area contributed by atoms with Crippen LogP contribution in [0.5, 0.6) is 0 Å². The van der Waals surface area contributed by atoms with Gasteiger partial charge in [-0.2, -0.15) is 5.26 Å². The lowest BCUT2D eigenvalue weighted by Gasteiger charge is -2.11. The van der Waals surface area contributed by atoms with Gasteiger partial charge in [0.1, 0.15) is 6.07 Å². The number of nitriles is 1. The van der Waals surface area contributed by atoms with Gasteiger partial charge in [0.25, 0.3) is 0 Å². The first-order valence-electron chi connectivity index (χ1n) is 7.57. The van der Waals surface area contributed by atoms with Crippen LogP contribution in [0.4, 0.5) is 0 Å². The molecule has 0 fully saturated rings. The molecule has 0 spiro atoms. The Morgan fingerprint density at radius 1 is 1.00 bits per heavy atom. The molecule has 2 aromatic heterocycles. The standard InChI is InChI=1S/C20H15N3/c1-13-6-5-7-15(10-13)19-11-14(2)16(12-21)20-22-17-8-3-4-9-18(17)23(19)20/h3-11H,1-2H3. The topological polar surface area (TPSA) is 41.1 Å². The molecule has 0 saturated carbocycles. The monoisotopic (exact) mass is 297 g/mol. The predicted molar refractivity (Wildman–Crippen MR) is 92.3 cm³/mol. The van der Waals surface area contributed by atoms with Crippen molar-refractivity contribution in [2.24, 2.45) is 0 Å². The first-order valence-corrected chi connectivity index (χ1v) is 7.57. The third kappa shape index (κ3) is 2.00. The van der Waals surface area contributed by atoms with E-state index in [0.717, 1.165) is 33.5 Å². The molecule has 3 heteroatoms. The largest absolute Gasteiger partial charge is 0.291 e. The molecule has 23 heavy (non-hydrogen) atoms. The minimum Gasteiger partial charge on any atom is -0.291 e. The van der Waals surface area contributed by atoms with Gasteiger partial charge in [0.2, 0.25) is 0 Å². The van der Waals surface area contributed by atoms with Gasteiger partial charge in [-0.25, -0.2) is 4.98 Å². The smallest absolute Gasteiger partial charge is 0.156 e. The lowest BCUT2D eigenvalue weighted by Crippen LogP contribution is -1.98. The number of aromatic nitrogens is 2. The van der Waals surface area contributed by atoms with Gasteiger partial charge in [-0.3, -0.25) is 4.40 Å². The zero-order valence-electron chi connectivity index (χ0n) is 13.0. The second-order valence-corrected chi connectivity index (χ2v) is 5.83. The normalized spacial score (nSPS) is 11.0.